The molecule has 0 N–H and O–H groups in total. The molecule has 2 nitrogen and oxygen atoms in total. The van der Waals surface area contributed by atoms with Gasteiger partial charge in [0.25, 0.3) is 0 Å². The van der Waals surface area contributed by atoms with Gasteiger partial charge in [0.05, 0.1) is 5.69 Å². The summed E-state index contributed by atoms with van der Waals surface area (Å²) in [4.78, 5) is 4.76. The lowest BCUT2D eigenvalue weighted by atomic mass is 9.85. The molecule has 0 amide bonds. The quantitative estimate of drug-likeness (QED) is 0.823. The van der Waals surface area contributed by atoms with Crippen molar-refractivity contribution in [2.75, 3.05) is 12.4 Å². The summed E-state index contributed by atoms with van der Waals surface area (Å²) in [7, 11) is 0. The molecule has 1 aliphatic rings. The van der Waals surface area contributed by atoms with E-state index in [-0.39, 0.29) is 5.60 Å². The largest absolute Gasteiger partial charge is 0.368 e. The summed E-state index contributed by atoms with van der Waals surface area (Å²) in [5.74, 6) is 0.866. The van der Waals surface area contributed by atoms with E-state index in [1.54, 1.807) is 11.3 Å². The van der Waals surface area contributed by atoms with E-state index in [4.69, 9.17) is 9.72 Å². The van der Waals surface area contributed by atoms with Crippen molar-refractivity contribution in [2.24, 2.45) is 0 Å². The molecule has 0 radical (unpaired) electrons. The Kier molecular flexibility index (Phi) is 4.88. The predicted molar refractivity (Wildman–Crippen MR) is 76.1 cm³/mol. The van der Waals surface area contributed by atoms with E-state index in [0.29, 0.717) is 0 Å². The van der Waals surface area contributed by atoms with E-state index in [1.165, 1.54) is 30.0 Å². The first-order chi connectivity index (χ1) is 8.30. The van der Waals surface area contributed by atoms with Crippen LogP contribution in [0.15, 0.2) is 5.38 Å². The molecule has 4 heteroatoms. The Morgan fingerprint density at radius 2 is 2.18 bits per heavy atom. The number of hydrogen-bond acceptors (Lipinski definition) is 4. The van der Waals surface area contributed by atoms with Crippen LogP contribution in [-0.2, 0) is 16.8 Å². The minimum atomic E-state index is -0.0769. The van der Waals surface area contributed by atoms with Gasteiger partial charge in [-0.3, -0.25) is 0 Å². The van der Waals surface area contributed by atoms with Crippen LogP contribution in [0.1, 0.15) is 49.7 Å². The molecule has 2 rings (SSSR count). The van der Waals surface area contributed by atoms with Crippen molar-refractivity contribution in [1.29, 1.82) is 0 Å². The highest BCUT2D eigenvalue weighted by molar-refractivity contribution is 7.80. The van der Waals surface area contributed by atoms with Gasteiger partial charge >= 0.3 is 0 Å². The highest BCUT2D eigenvalue weighted by Gasteiger charge is 2.37. The maximum Gasteiger partial charge on any atom is 0.125 e. The van der Waals surface area contributed by atoms with Crippen molar-refractivity contribution in [3.63, 3.8) is 0 Å². The van der Waals surface area contributed by atoms with Gasteiger partial charge in [-0.2, -0.15) is 12.6 Å². The SMILES string of the molecule is CCOC1(c2nc(CCS)cs2)CCCCC1. The van der Waals surface area contributed by atoms with Gasteiger partial charge in [0, 0.05) is 12.0 Å². The van der Waals surface area contributed by atoms with Gasteiger partial charge in [-0.15, -0.1) is 11.3 Å². The molecule has 1 fully saturated rings. The van der Waals surface area contributed by atoms with Crippen LogP contribution in [0.3, 0.4) is 0 Å². The van der Waals surface area contributed by atoms with E-state index in [2.05, 4.69) is 24.9 Å². The highest BCUT2D eigenvalue weighted by atomic mass is 32.1. The van der Waals surface area contributed by atoms with E-state index in [1.807, 2.05) is 0 Å². The van der Waals surface area contributed by atoms with Crippen LogP contribution in [0.2, 0.25) is 0 Å². The van der Waals surface area contributed by atoms with Crippen LogP contribution in [-0.4, -0.2) is 17.3 Å². The first-order valence-corrected chi connectivity index (χ1v) is 8.01. The maximum absolute atomic E-state index is 6.08. The van der Waals surface area contributed by atoms with Crippen molar-refractivity contribution in [2.45, 2.75) is 51.0 Å². The zero-order valence-corrected chi connectivity index (χ0v) is 12.2. The lowest BCUT2D eigenvalue weighted by Crippen LogP contribution is -2.32. The Hall–Kier alpha value is -0.0600. The van der Waals surface area contributed by atoms with Crippen molar-refractivity contribution < 1.29 is 4.74 Å². The fourth-order valence-electron chi connectivity index (χ4n) is 2.56. The normalized spacial score (nSPS) is 19.4. The molecule has 0 atom stereocenters. The topological polar surface area (TPSA) is 22.1 Å². The molecular weight excluding hydrogens is 250 g/mol. The Bertz CT molecular complexity index is 339. The van der Waals surface area contributed by atoms with Gasteiger partial charge < -0.3 is 4.74 Å². The van der Waals surface area contributed by atoms with Crippen molar-refractivity contribution in [1.82, 2.24) is 4.98 Å². The van der Waals surface area contributed by atoms with Gasteiger partial charge in [0.15, 0.2) is 0 Å². The van der Waals surface area contributed by atoms with Crippen LogP contribution < -0.4 is 0 Å². The monoisotopic (exact) mass is 271 g/mol. The molecule has 0 aliphatic heterocycles. The van der Waals surface area contributed by atoms with Crippen LogP contribution in [0, 0.1) is 0 Å². The number of ether oxygens (including phenoxy) is 1. The number of aromatic nitrogens is 1. The molecule has 0 spiro atoms. The van der Waals surface area contributed by atoms with Gasteiger partial charge in [0.2, 0.25) is 0 Å². The van der Waals surface area contributed by atoms with E-state index >= 15 is 0 Å². The third-order valence-electron chi connectivity index (χ3n) is 3.39. The Morgan fingerprint density at radius 3 is 2.82 bits per heavy atom. The predicted octanol–water partition coefficient (Wildman–Crippen LogP) is 3.81. The molecule has 0 bridgehead atoms. The zero-order valence-electron chi connectivity index (χ0n) is 10.4. The minimum absolute atomic E-state index is 0.0769. The number of rotatable bonds is 5. The van der Waals surface area contributed by atoms with Crippen molar-refractivity contribution >= 4 is 24.0 Å². The first-order valence-electron chi connectivity index (χ1n) is 6.50. The first kappa shape index (κ1) is 13.4. The molecule has 96 valence electrons. The van der Waals surface area contributed by atoms with Gasteiger partial charge in [-0.05, 0) is 31.9 Å². The highest BCUT2D eigenvalue weighted by Crippen LogP contribution is 2.41. The van der Waals surface area contributed by atoms with E-state index in [9.17, 15) is 0 Å². The number of thiol groups is 1. The number of aryl methyl sites for hydroxylation is 1. The number of hydrogen-bond donors (Lipinski definition) is 1. The summed E-state index contributed by atoms with van der Waals surface area (Å²) in [6.07, 6.45) is 7.10. The maximum atomic E-state index is 6.08. The van der Waals surface area contributed by atoms with Gasteiger partial charge in [0.1, 0.15) is 10.6 Å². The minimum Gasteiger partial charge on any atom is -0.368 e. The molecule has 1 saturated carbocycles. The van der Waals surface area contributed by atoms with Gasteiger partial charge in [-0.1, -0.05) is 19.3 Å². The standard InChI is InChI=1S/C13H21NOS2/c1-2-15-13(7-4-3-5-8-13)12-14-11(6-9-16)10-17-12/h10,16H,2-9H2,1H3. The van der Waals surface area contributed by atoms with Crippen LogP contribution in [0.25, 0.3) is 0 Å². The molecule has 0 aromatic carbocycles. The lowest BCUT2D eigenvalue weighted by molar-refractivity contribution is -0.0705. The fourth-order valence-corrected chi connectivity index (χ4v) is 3.86. The third kappa shape index (κ3) is 3.04. The molecule has 1 aromatic rings. The average Bonchev–Trinajstić information content (AvgIpc) is 2.80. The fraction of sp³-hybridized carbons (Fsp3) is 0.769. The molecule has 1 aliphatic carbocycles. The van der Waals surface area contributed by atoms with Crippen LogP contribution in [0.4, 0.5) is 0 Å². The smallest absolute Gasteiger partial charge is 0.125 e. The molecule has 1 aromatic heterocycles. The number of thiazole rings is 1. The molecular formula is C13H21NOS2. The zero-order chi connectivity index (χ0) is 12.1. The molecule has 0 unspecified atom stereocenters. The number of nitrogens with zero attached hydrogens (tertiary/aromatic N) is 1. The van der Waals surface area contributed by atoms with Crippen molar-refractivity contribution in [3.05, 3.63) is 16.1 Å². The Labute approximate surface area is 113 Å². The summed E-state index contributed by atoms with van der Waals surface area (Å²) >= 11 is 6.03. The van der Waals surface area contributed by atoms with Crippen LogP contribution >= 0.6 is 24.0 Å². The summed E-state index contributed by atoms with van der Waals surface area (Å²) in [6.45, 7) is 2.86. The van der Waals surface area contributed by atoms with Gasteiger partial charge in [-0.25, -0.2) is 4.98 Å². The Balaban J connectivity index is 2.18. The molecule has 17 heavy (non-hydrogen) atoms. The molecule has 1 heterocycles. The summed E-state index contributed by atoms with van der Waals surface area (Å²) < 4.78 is 6.08. The van der Waals surface area contributed by atoms with E-state index < -0.39 is 0 Å². The summed E-state index contributed by atoms with van der Waals surface area (Å²) in [5.41, 5.74) is 1.09. The molecule has 0 saturated heterocycles. The third-order valence-corrected chi connectivity index (χ3v) is 4.69. The second-order valence-corrected chi connectivity index (χ2v) is 5.91. The lowest BCUT2D eigenvalue weighted by Gasteiger charge is -2.35. The van der Waals surface area contributed by atoms with Crippen molar-refractivity contribution in [3.8, 4) is 0 Å². The van der Waals surface area contributed by atoms with Crippen LogP contribution in [0.5, 0.6) is 0 Å². The summed E-state index contributed by atoms with van der Waals surface area (Å²) in [5, 5.41) is 3.36. The second-order valence-electron chi connectivity index (χ2n) is 4.61. The second kappa shape index (κ2) is 6.21. The summed E-state index contributed by atoms with van der Waals surface area (Å²) in [6, 6.07) is 0. The Morgan fingerprint density at radius 1 is 1.41 bits per heavy atom. The average molecular weight is 271 g/mol. The van der Waals surface area contributed by atoms with E-state index in [0.717, 1.165) is 31.6 Å².